The van der Waals surface area contributed by atoms with Crippen molar-refractivity contribution in [1.29, 1.82) is 0 Å². The lowest BCUT2D eigenvalue weighted by atomic mass is 9.82. The maximum atomic E-state index is 14.6. The average molecular weight is 701 g/mol. The highest BCUT2D eigenvalue weighted by molar-refractivity contribution is 6.38. The average Bonchev–Trinajstić information content (AvgIpc) is 3.52. The lowest BCUT2D eigenvalue weighted by molar-refractivity contribution is -0.148. The van der Waals surface area contributed by atoms with Crippen LogP contribution in [0, 0.1) is 23.2 Å². The van der Waals surface area contributed by atoms with Crippen LogP contribution in [0.1, 0.15) is 112 Å². The third-order valence-electron chi connectivity index (χ3n) is 10.5. The Morgan fingerprint density at radius 3 is 2.12 bits per heavy atom. The number of hydrogen-bond acceptors (Lipinski definition) is 7. The number of nitrogens with zero attached hydrogens (tertiary/aromatic N) is 2. The zero-order valence-electron chi connectivity index (χ0n) is 31.0. The quantitative estimate of drug-likeness (QED) is 0.115. The topological polar surface area (TPSA) is 174 Å². The molecule has 5 atom stereocenters. The predicted octanol–water partition coefficient (Wildman–Crippen LogP) is 3.22. The number of imide groups is 1. The van der Waals surface area contributed by atoms with Gasteiger partial charge < -0.3 is 26.2 Å². The molecule has 0 radical (unpaired) electrons. The van der Waals surface area contributed by atoms with Crippen LogP contribution < -0.4 is 21.3 Å². The second-order valence-corrected chi connectivity index (χ2v) is 15.5. The van der Waals surface area contributed by atoms with Crippen molar-refractivity contribution < 1.29 is 33.6 Å². The van der Waals surface area contributed by atoms with E-state index in [1.54, 1.807) is 4.90 Å². The molecule has 0 bridgehead atoms. The molecule has 280 valence electrons. The summed E-state index contributed by atoms with van der Waals surface area (Å²) in [5, 5.41) is 11.2. The first kappa shape index (κ1) is 40.7. The SMILES string of the molecule is C=CCNC(=O)C(=O)C(CCC)NC(=O)[C@@H]1[C@@H](C(C)C)CCN1C(=O)[C@@H](NC(=O)N[C@H](CN1C(=O)CCCC1=O)C(C)(C)C)C1CCCCC1. The Bertz CT molecular complexity index is 1260. The van der Waals surface area contributed by atoms with Gasteiger partial charge in [-0.05, 0) is 55.3 Å². The zero-order chi connectivity index (χ0) is 37.2. The number of amides is 7. The highest BCUT2D eigenvalue weighted by Crippen LogP contribution is 2.34. The molecular weight excluding hydrogens is 640 g/mol. The van der Waals surface area contributed by atoms with Crippen molar-refractivity contribution in [3.05, 3.63) is 12.7 Å². The van der Waals surface area contributed by atoms with Crippen LogP contribution in [0.5, 0.6) is 0 Å². The van der Waals surface area contributed by atoms with Crippen molar-refractivity contribution in [2.24, 2.45) is 23.2 Å². The van der Waals surface area contributed by atoms with Gasteiger partial charge in [0.05, 0.1) is 12.1 Å². The fourth-order valence-electron chi connectivity index (χ4n) is 7.41. The molecule has 0 spiro atoms. The van der Waals surface area contributed by atoms with Crippen LogP contribution >= 0.6 is 0 Å². The first-order valence-electron chi connectivity index (χ1n) is 18.5. The van der Waals surface area contributed by atoms with E-state index < -0.39 is 53.2 Å². The van der Waals surface area contributed by atoms with Gasteiger partial charge in [-0.3, -0.25) is 33.7 Å². The molecule has 13 heteroatoms. The minimum atomic E-state index is -1.05. The molecule has 2 aliphatic heterocycles. The minimum Gasteiger partial charge on any atom is -0.346 e. The summed E-state index contributed by atoms with van der Waals surface area (Å²) in [5.74, 6) is -3.23. The Hall–Kier alpha value is -3.77. The molecule has 4 N–H and O–H groups in total. The molecule has 0 aromatic heterocycles. The van der Waals surface area contributed by atoms with Gasteiger partial charge >= 0.3 is 6.03 Å². The van der Waals surface area contributed by atoms with E-state index in [-0.39, 0.29) is 67.8 Å². The number of ketones is 1. The molecule has 13 nitrogen and oxygen atoms in total. The Balaban J connectivity index is 1.86. The predicted molar refractivity (Wildman–Crippen MR) is 189 cm³/mol. The van der Waals surface area contributed by atoms with Crippen LogP contribution in [0.4, 0.5) is 4.79 Å². The summed E-state index contributed by atoms with van der Waals surface area (Å²) in [4.78, 5) is 95.9. The Morgan fingerprint density at radius 2 is 1.56 bits per heavy atom. The zero-order valence-corrected chi connectivity index (χ0v) is 31.0. The molecule has 3 fully saturated rings. The maximum absolute atomic E-state index is 14.6. The van der Waals surface area contributed by atoms with Gasteiger partial charge in [0.25, 0.3) is 5.91 Å². The minimum absolute atomic E-state index is 0.0321. The van der Waals surface area contributed by atoms with Crippen molar-refractivity contribution in [2.45, 2.75) is 136 Å². The molecule has 2 saturated heterocycles. The number of nitrogens with one attached hydrogen (secondary N) is 4. The number of carbonyl (C=O) groups excluding carboxylic acids is 7. The summed E-state index contributed by atoms with van der Waals surface area (Å²) < 4.78 is 0. The van der Waals surface area contributed by atoms with Crippen LogP contribution in [0.2, 0.25) is 0 Å². The van der Waals surface area contributed by atoms with Crippen LogP contribution in [-0.4, -0.2) is 95.0 Å². The Kier molecular flexibility index (Phi) is 15.0. The van der Waals surface area contributed by atoms with Gasteiger partial charge in [0.2, 0.25) is 29.4 Å². The number of urea groups is 1. The standard InChI is InChI=1S/C37H60N6O7/c1-8-14-26(32(46)34(48)38-20-9-2)39-33(47)31-25(23(3)4)19-21-42(31)35(49)30(24-15-11-10-12-16-24)41-36(50)40-27(37(5,6)7)22-43-28(44)17-13-18-29(43)45/h9,23-27,30-31H,2,8,10-22H2,1,3-7H3,(H,38,48)(H,39,47)(H2,40,41,50)/t25-,26?,27-,30+,31+/m1/s1. The molecule has 1 saturated carbocycles. The molecule has 0 aromatic carbocycles. The first-order valence-corrected chi connectivity index (χ1v) is 18.5. The maximum Gasteiger partial charge on any atom is 0.315 e. The van der Waals surface area contributed by atoms with E-state index in [4.69, 9.17) is 0 Å². The third-order valence-corrected chi connectivity index (χ3v) is 10.5. The summed E-state index contributed by atoms with van der Waals surface area (Å²) in [5.41, 5.74) is -0.517. The third kappa shape index (κ3) is 10.6. The van der Waals surface area contributed by atoms with Crippen molar-refractivity contribution in [3.63, 3.8) is 0 Å². The molecule has 1 aliphatic carbocycles. The summed E-state index contributed by atoms with van der Waals surface area (Å²) >= 11 is 0. The number of carbonyl (C=O) groups is 7. The highest BCUT2D eigenvalue weighted by Gasteiger charge is 2.47. The van der Waals surface area contributed by atoms with E-state index in [2.05, 4.69) is 27.8 Å². The second kappa shape index (κ2) is 18.5. The molecule has 3 rings (SSSR count). The molecule has 50 heavy (non-hydrogen) atoms. The monoisotopic (exact) mass is 700 g/mol. The fraction of sp³-hybridized carbons (Fsp3) is 0.757. The normalized spacial score (nSPS) is 22.1. The van der Waals surface area contributed by atoms with E-state index in [0.29, 0.717) is 25.8 Å². The fourth-order valence-corrected chi connectivity index (χ4v) is 7.41. The van der Waals surface area contributed by atoms with E-state index >= 15 is 0 Å². The molecule has 0 aromatic rings. The van der Waals surface area contributed by atoms with Crippen LogP contribution in [0.15, 0.2) is 12.7 Å². The molecular formula is C37H60N6O7. The summed E-state index contributed by atoms with van der Waals surface area (Å²) in [6.45, 7) is 15.6. The lowest BCUT2D eigenvalue weighted by Gasteiger charge is -2.38. The summed E-state index contributed by atoms with van der Waals surface area (Å²) in [6.07, 6.45) is 8.25. The van der Waals surface area contributed by atoms with E-state index in [1.165, 1.54) is 11.0 Å². The van der Waals surface area contributed by atoms with Crippen molar-refractivity contribution in [1.82, 2.24) is 31.1 Å². The van der Waals surface area contributed by atoms with Gasteiger partial charge in [-0.1, -0.05) is 73.3 Å². The van der Waals surface area contributed by atoms with Crippen molar-refractivity contribution >= 4 is 41.4 Å². The Labute approximate surface area is 297 Å². The van der Waals surface area contributed by atoms with Crippen molar-refractivity contribution in [3.8, 4) is 0 Å². The number of rotatable bonds is 15. The van der Waals surface area contributed by atoms with Crippen LogP contribution in [-0.2, 0) is 28.8 Å². The molecule has 1 unspecified atom stereocenters. The van der Waals surface area contributed by atoms with E-state index in [9.17, 15) is 33.6 Å². The number of Topliss-reactive ketones (excluding diaryl/α,β-unsaturated/α-hetero) is 1. The lowest BCUT2D eigenvalue weighted by Crippen LogP contribution is -2.62. The highest BCUT2D eigenvalue weighted by atomic mass is 16.2. The number of hydrogen-bond donors (Lipinski definition) is 4. The van der Waals surface area contributed by atoms with Gasteiger partial charge in [0.1, 0.15) is 12.1 Å². The smallest absolute Gasteiger partial charge is 0.315 e. The van der Waals surface area contributed by atoms with Gasteiger partial charge in [-0.25, -0.2) is 4.79 Å². The summed E-state index contributed by atoms with van der Waals surface area (Å²) in [6, 6.07) is -4.00. The van der Waals surface area contributed by atoms with E-state index in [1.807, 2.05) is 41.5 Å². The number of likely N-dealkylation sites (tertiary alicyclic amines) is 2. The van der Waals surface area contributed by atoms with Gasteiger partial charge in [0, 0.05) is 32.5 Å². The van der Waals surface area contributed by atoms with E-state index in [0.717, 1.165) is 32.1 Å². The van der Waals surface area contributed by atoms with Crippen LogP contribution in [0.3, 0.4) is 0 Å². The van der Waals surface area contributed by atoms with Crippen molar-refractivity contribution in [2.75, 3.05) is 19.6 Å². The molecule has 7 amide bonds. The molecule has 3 aliphatic rings. The molecule has 2 heterocycles. The van der Waals surface area contributed by atoms with Gasteiger partial charge in [-0.2, -0.15) is 0 Å². The van der Waals surface area contributed by atoms with Gasteiger partial charge in [0.15, 0.2) is 0 Å². The van der Waals surface area contributed by atoms with Crippen LogP contribution in [0.25, 0.3) is 0 Å². The summed E-state index contributed by atoms with van der Waals surface area (Å²) in [7, 11) is 0. The largest absolute Gasteiger partial charge is 0.346 e. The first-order chi connectivity index (χ1) is 23.6. The second-order valence-electron chi connectivity index (χ2n) is 15.5. The Morgan fingerprint density at radius 1 is 0.920 bits per heavy atom. The number of piperidine rings is 1. The van der Waals surface area contributed by atoms with Gasteiger partial charge in [-0.15, -0.1) is 6.58 Å².